The molecule has 2 aromatic carbocycles. The molecular formula is C20H18N6O3S. The van der Waals surface area contributed by atoms with Crippen molar-refractivity contribution in [2.75, 3.05) is 26.2 Å². The van der Waals surface area contributed by atoms with Crippen LogP contribution in [-0.2, 0) is 10.0 Å². The van der Waals surface area contributed by atoms with Crippen LogP contribution < -0.4 is 0 Å². The van der Waals surface area contributed by atoms with Gasteiger partial charge < -0.3 is 4.90 Å². The maximum Gasteiger partial charge on any atom is 0.253 e. The highest BCUT2D eigenvalue weighted by Crippen LogP contribution is 2.19. The van der Waals surface area contributed by atoms with E-state index in [-0.39, 0.29) is 23.9 Å². The molecule has 0 aliphatic carbocycles. The van der Waals surface area contributed by atoms with Gasteiger partial charge in [-0.05, 0) is 48.5 Å². The summed E-state index contributed by atoms with van der Waals surface area (Å²) in [4.78, 5) is 18.5. The van der Waals surface area contributed by atoms with E-state index in [0.29, 0.717) is 24.2 Å². The zero-order valence-electron chi connectivity index (χ0n) is 15.9. The Hall–Kier alpha value is -3.55. The van der Waals surface area contributed by atoms with Crippen LogP contribution in [0.15, 0.2) is 66.1 Å². The van der Waals surface area contributed by atoms with Crippen molar-refractivity contribution >= 4 is 15.9 Å². The lowest BCUT2D eigenvalue weighted by molar-refractivity contribution is 0.0698. The first-order valence-corrected chi connectivity index (χ1v) is 10.7. The van der Waals surface area contributed by atoms with Crippen LogP contribution >= 0.6 is 0 Å². The number of sulfonamides is 1. The van der Waals surface area contributed by atoms with E-state index in [9.17, 15) is 13.2 Å². The minimum absolute atomic E-state index is 0.143. The molecule has 1 fully saturated rings. The number of aromatic nitrogens is 3. The smallest absolute Gasteiger partial charge is 0.253 e. The maximum atomic E-state index is 12.8. The van der Waals surface area contributed by atoms with Crippen LogP contribution in [0, 0.1) is 11.3 Å². The van der Waals surface area contributed by atoms with E-state index >= 15 is 0 Å². The van der Waals surface area contributed by atoms with Crippen LogP contribution in [-0.4, -0.2) is 64.5 Å². The van der Waals surface area contributed by atoms with Crippen LogP contribution in [0.4, 0.5) is 0 Å². The summed E-state index contributed by atoms with van der Waals surface area (Å²) < 4.78 is 28.6. The predicted octanol–water partition coefficient (Wildman–Crippen LogP) is 1.29. The summed E-state index contributed by atoms with van der Waals surface area (Å²) in [6, 6.07) is 14.8. The van der Waals surface area contributed by atoms with Gasteiger partial charge >= 0.3 is 0 Å². The number of hydrogen-bond acceptors (Lipinski definition) is 6. The highest BCUT2D eigenvalue weighted by molar-refractivity contribution is 7.89. The van der Waals surface area contributed by atoms with E-state index < -0.39 is 10.0 Å². The van der Waals surface area contributed by atoms with Crippen molar-refractivity contribution < 1.29 is 13.2 Å². The van der Waals surface area contributed by atoms with Crippen LogP contribution in [0.3, 0.4) is 0 Å². The zero-order valence-corrected chi connectivity index (χ0v) is 16.7. The molecule has 0 bridgehead atoms. The molecule has 0 N–H and O–H groups in total. The zero-order chi connectivity index (χ0) is 21.1. The number of amides is 1. The van der Waals surface area contributed by atoms with E-state index in [0.717, 1.165) is 5.69 Å². The molecule has 1 aliphatic heterocycles. The Morgan fingerprint density at radius 2 is 1.63 bits per heavy atom. The largest absolute Gasteiger partial charge is 0.336 e. The van der Waals surface area contributed by atoms with Gasteiger partial charge in [0.25, 0.3) is 5.91 Å². The quantitative estimate of drug-likeness (QED) is 0.626. The van der Waals surface area contributed by atoms with Gasteiger partial charge in [0.2, 0.25) is 10.0 Å². The molecule has 4 rings (SSSR count). The summed E-state index contributed by atoms with van der Waals surface area (Å²) in [6.07, 6.45) is 3.01. The lowest BCUT2D eigenvalue weighted by atomic mass is 10.1. The van der Waals surface area contributed by atoms with Gasteiger partial charge in [-0.25, -0.2) is 18.1 Å². The van der Waals surface area contributed by atoms with E-state index in [1.54, 1.807) is 40.2 Å². The fraction of sp³-hybridized carbons (Fsp3) is 0.200. The molecule has 1 aromatic heterocycles. The summed E-state index contributed by atoms with van der Waals surface area (Å²) in [5.41, 5.74) is 1.73. The number of nitriles is 1. The van der Waals surface area contributed by atoms with Crippen molar-refractivity contribution in [1.29, 1.82) is 5.26 Å². The Bertz CT molecular complexity index is 1170. The van der Waals surface area contributed by atoms with Crippen molar-refractivity contribution in [3.05, 3.63) is 72.3 Å². The number of benzene rings is 2. The van der Waals surface area contributed by atoms with Crippen LogP contribution in [0.2, 0.25) is 0 Å². The Morgan fingerprint density at radius 3 is 2.20 bits per heavy atom. The SMILES string of the molecule is N#Cc1ccc(S(=O)(=O)N2CCN(C(=O)c3ccc(-n4cncn4)cc3)CC2)cc1. The van der Waals surface area contributed by atoms with Crippen molar-refractivity contribution in [3.8, 4) is 11.8 Å². The van der Waals surface area contributed by atoms with Crippen molar-refractivity contribution in [3.63, 3.8) is 0 Å². The lowest BCUT2D eigenvalue weighted by Gasteiger charge is -2.34. The number of nitrogens with zero attached hydrogens (tertiary/aromatic N) is 6. The summed E-state index contributed by atoms with van der Waals surface area (Å²) in [6.45, 7) is 1.04. The van der Waals surface area contributed by atoms with Crippen LogP contribution in [0.5, 0.6) is 0 Å². The van der Waals surface area contributed by atoms with Gasteiger partial charge in [0.15, 0.2) is 0 Å². The average molecular weight is 422 g/mol. The fourth-order valence-electron chi connectivity index (χ4n) is 3.26. The molecular weight excluding hydrogens is 404 g/mol. The molecule has 0 saturated carbocycles. The number of carbonyl (C=O) groups is 1. The van der Waals surface area contributed by atoms with Gasteiger partial charge in [-0.3, -0.25) is 4.79 Å². The summed E-state index contributed by atoms with van der Waals surface area (Å²) in [7, 11) is -3.66. The molecule has 1 amide bonds. The molecule has 2 heterocycles. The lowest BCUT2D eigenvalue weighted by Crippen LogP contribution is -2.50. The van der Waals surface area contributed by atoms with Gasteiger partial charge in [-0.15, -0.1) is 0 Å². The monoisotopic (exact) mass is 422 g/mol. The highest BCUT2D eigenvalue weighted by Gasteiger charge is 2.30. The topological polar surface area (TPSA) is 112 Å². The molecule has 3 aromatic rings. The molecule has 0 spiro atoms. The molecule has 0 unspecified atom stereocenters. The van der Waals surface area contributed by atoms with Gasteiger partial charge in [0.1, 0.15) is 12.7 Å². The van der Waals surface area contributed by atoms with Gasteiger partial charge in [0, 0.05) is 31.7 Å². The molecule has 10 heteroatoms. The Kier molecular flexibility index (Phi) is 5.31. The Labute approximate surface area is 173 Å². The standard InChI is InChI=1S/C20H18N6O3S/c21-13-16-1-7-19(8-2-16)30(28,29)25-11-9-24(10-12-25)20(27)17-3-5-18(6-4-17)26-15-22-14-23-26/h1-8,14-15H,9-12H2. The third-order valence-electron chi connectivity index (χ3n) is 4.94. The first-order valence-electron chi connectivity index (χ1n) is 9.24. The van der Waals surface area contributed by atoms with Gasteiger partial charge in [-0.1, -0.05) is 0 Å². The summed E-state index contributed by atoms with van der Waals surface area (Å²) >= 11 is 0. The number of rotatable bonds is 4. The number of piperazine rings is 1. The minimum Gasteiger partial charge on any atom is -0.336 e. The third-order valence-corrected chi connectivity index (χ3v) is 6.86. The molecule has 9 nitrogen and oxygen atoms in total. The summed E-state index contributed by atoms with van der Waals surface area (Å²) in [5.74, 6) is -0.143. The second-order valence-corrected chi connectivity index (χ2v) is 8.66. The number of hydrogen-bond donors (Lipinski definition) is 0. The van der Waals surface area contributed by atoms with E-state index in [1.807, 2.05) is 6.07 Å². The normalized spacial score (nSPS) is 15.0. The first-order chi connectivity index (χ1) is 14.5. The maximum absolute atomic E-state index is 12.8. The van der Waals surface area contributed by atoms with Crippen molar-refractivity contribution in [1.82, 2.24) is 24.0 Å². The highest BCUT2D eigenvalue weighted by atomic mass is 32.2. The molecule has 30 heavy (non-hydrogen) atoms. The van der Waals surface area contributed by atoms with Crippen LogP contribution in [0.1, 0.15) is 15.9 Å². The molecule has 152 valence electrons. The predicted molar refractivity (Wildman–Crippen MR) is 107 cm³/mol. The van der Waals surface area contributed by atoms with Crippen molar-refractivity contribution in [2.24, 2.45) is 0 Å². The average Bonchev–Trinajstić information content (AvgIpc) is 3.34. The second-order valence-electron chi connectivity index (χ2n) is 6.72. The second kappa shape index (κ2) is 8.06. The molecule has 0 atom stereocenters. The van der Waals surface area contributed by atoms with E-state index in [2.05, 4.69) is 10.1 Å². The molecule has 0 radical (unpaired) electrons. The van der Waals surface area contributed by atoms with E-state index in [1.165, 1.54) is 34.9 Å². The number of carbonyl (C=O) groups excluding carboxylic acids is 1. The molecule has 1 aliphatic rings. The fourth-order valence-corrected chi connectivity index (χ4v) is 4.69. The Balaban J connectivity index is 1.41. The third kappa shape index (κ3) is 3.80. The Morgan fingerprint density at radius 1 is 0.967 bits per heavy atom. The van der Waals surface area contributed by atoms with E-state index in [4.69, 9.17) is 5.26 Å². The summed E-state index contributed by atoms with van der Waals surface area (Å²) in [5, 5.41) is 12.9. The van der Waals surface area contributed by atoms with Gasteiger partial charge in [-0.2, -0.15) is 14.7 Å². The molecule has 1 saturated heterocycles. The minimum atomic E-state index is -3.66. The van der Waals surface area contributed by atoms with Gasteiger partial charge in [0.05, 0.1) is 22.2 Å². The van der Waals surface area contributed by atoms with Crippen LogP contribution in [0.25, 0.3) is 5.69 Å². The first kappa shape index (κ1) is 19.8. The van der Waals surface area contributed by atoms with Crippen molar-refractivity contribution in [2.45, 2.75) is 4.90 Å².